The van der Waals surface area contributed by atoms with E-state index in [9.17, 15) is 0 Å². The van der Waals surface area contributed by atoms with Crippen LogP contribution in [0.5, 0.6) is 0 Å². The van der Waals surface area contributed by atoms with Crippen molar-refractivity contribution in [2.75, 3.05) is 0 Å². The van der Waals surface area contributed by atoms with Gasteiger partial charge in [0.1, 0.15) is 0 Å². The second-order valence-corrected chi connectivity index (χ2v) is 6.83. The lowest BCUT2D eigenvalue weighted by atomic mass is 10.0. The van der Waals surface area contributed by atoms with Gasteiger partial charge in [-0.3, -0.25) is 0 Å². The Kier molecular flexibility index (Phi) is 17.6. The monoisotopic (exact) mass is 294 g/mol. The predicted octanol–water partition coefficient (Wildman–Crippen LogP) is 8.21. The largest absolute Gasteiger partial charge is 0.0856 e. The number of hydrogen-bond acceptors (Lipinski definition) is 0. The van der Waals surface area contributed by atoms with Crippen LogP contribution in [0.4, 0.5) is 0 Å². The fraction of sp³-hybridized carbons (Fsp3) is 0.905. The molecule has 0 aromatic rings. The molecule has 0 aliphatic carbocycles. The molecule has 0 rings (SSSR count). The van der Waals surface area contributed by atoms with Crippen molar-refractivity contribution in [3.05, 3.63) is 11.6 Å². The summed E-state index contributed by atoms with van der Waals surface area (Å²) in [6.45, 7) is 6.91. The molecule has 0 heterocycles. The third-order valence-electron chi connectivity index (χ3n) is 4.48. The highest BCUT2D eigenvalue weighted by atomic mass is 14.0. The van der Waals surface area contributed by atoms with Gasteiger partial charge in [0.15, 0.2) is 0 Å². The lowest BCUT2D eigenvalue weighted by Gasteiger charge is -2.03. The van der Waals surface area contributed by atoms with Crippen molar-refractivity contribution in [1.29, 1.82) is 0 Å². The van der Waals surface area contributed by atoms with Crippen molar-refractivity contribution in [3.63, 3.8) is 0 Å². The fourth-order valence-corrected chi connectivity index (χ4v) is 2.91. The summed E-state index contributed by atoms with van der Waals surface area (Å²) in [5, 5.41) is 0. The Balaban J connectivity index is 3.22. The van der Waals surface area contributed by atoms with E-state index in [1.807, 2.05) is 0 Å². The number of hydrogen-bond donors (Lipinski definition) is 0. The van der Waals surface area contributed by atoms with Gasteiger partial charge in [-0.25, -0.2) is 0 Å². The predicted molar refractivity (Wildman–Crippen MR) is 99.0 cm³/mol. The van der Waals surface area contributed by atoms with Crippen molar-refractivity contribution in [1.82, 2.24) is 0 Å². The summed E-state index contributed by atoms with van der Waals surface area (Å²) in [4.78, 5) is 0. The van der Waals surface area contributed by atoms with E-state index in [-0.39, 0.29) is 0 Å². The van der Waals surface area contributed by atoms with Crippen LogP contribution in [-0.4, -0.2) is 0 Å². The number of unbranched alkanes of at least 4 members (excludes halogenated alkanes) is 13. The van der Waals surface area contributed by atoms with Crippen LogP contribution in [0.3, 0.4) is 0 Å². The minimum Gasteiger partial charge on any atom is -0.0856 e. The van der Waals surface area contributed by atoms with Crippen LogP contribution in [0.15, 0.2) is 11.6 Å². The minimum absolute atomic E-state index is 1.32. The first-order valence-electron chi connectivity index (χ1n) is 9.96. The molecule has 0 atom stereocenters. The zero-order valence-electron chi connectivity index (χ0n) is 15.4. The average Bonchev–Trinajstić information content (AvgIpc) is 2.49. The lowest BCUT2D eigenvalue weighted by molar-refractivity contribution is 0.566. The summed E-state index contributed by atoms with van der Waals surface area (Å²) in [6, 6.07) is 0. The zero-order chi connectivity index (χ0) is 15.6. The first-order valence-corrected chi connectivity index (χ1v) is 9.96. The highest BCUT2D eigenvalue weighted by Gasteiger charge is 1.94. The van der Waals surface area contributed by atoms with Crippen LogP contribution < -0.4 is 0 Å². The molecule has 0 spiro atoms. The van der Waals surface area contributed by atoms with E-state index in [0.29, 0.717) is 0 Å². The van der Waals surface area contributed by atoms with E-state index >= 15 is 0 Å². The minimum atomic E-state index is 1.32. The van der Waals surface area contributed by atoms with E-state index in [0.717, 1.165) is 0 Å². The summed E-state index contributed by atoms with van der Waals surface area (Å²) in [6.07, 6.45) is 25.1. The molecule has 0 aliphatic heterocycles. The number of allylic oxidation sites excluding steroid dienone is 2. The molecular formula is C21H42. The molecule has 0 fully saturated rings. The topological polar surface area (TPSA) is 0 Å². The molecule has 0 unspecified atom stereocenters. The quantitative estimate of drug-likeness (QED) is 0.199. The Labute approximate surface area is 135 Å². The molecule has 126 valence electrons. The standard InChI is InChI=1S/C21H42/c1-4-6-8-10-11-12-13-14-16-18-20-21(3)19-17-15-9-7-5-2/h20H,4-19H2,1-3H3. The van der Waals surface area contributed by atoms with E-state index in [2.05, 4.69) is 26.8 Å². The van der Waals surface area contributed by atoms with Crippen LogP contribution in [0.25, 0.3) is 0 Å². The summed E-state index contributed by atoms with van der Waals surface area (Å²) in [7, 11) is 0. The summed E-state index contributed by atoms with van der Waals surface area (Å²) in [5.41, 5.74) is 1.63. The Morgan fingerprint density at radius 2 is 1.00 bits per heavy atom. The molecule has 0 radical (unpaired) electrons. The first-order chi connectivity index (χ1) is 10.3. The molecule has 0 heteroatoms. The van der Waals surface area contributed by atoms with Gasteiger partial charge in [-0.1, -0.05) is 103 Å². The van der Waals surface area contributed by atoms with Crippen molar-refractivity contribution in [3.8, 4) is 0 Å². The third-order valence-corrected chi connectivity index (χ3v) is 4.48. The normalized spacial score (nSPS) is 12.0. The van der Waals surface area contributed by atoms with Crippen LogP contribution in [0, 0.1) is 0 Å². The molecule has 0 aromatic heterocycles. The van der Waals surface area contributed by atoms with Crippen LogP contribution in [0.2, 0.25) is 0 Å². The van der Waals surface area contributed by atoms with E-state index in [1.54, 1.807) is 5.57 Å². The van der Waals surface area contributed by atoms with Gasteiger partial charge in [-0.2, -0.15) is 0 Å². The third kappa shape index (κ3) is 17.7. The Morgan fingerprint density at radius 3 is 1.52 bits per heavy atom. The molecule has 0 saturated heterocycles. The van der Waals surface area contributed by atoms with Gasteiger partial charge >= 0.3 is 0 Å². The molecular weight excluding hydrogens is 252 g/mol. The molecule has 0 aliphatic rings. The summed E-state index contributed by atoms with van der Waals surface area (Å²) in [5.74, 6) is 0. The zero-order valence-corrected chi connectivity index (χ0v) is 15.4. The maximum absolute atomic E-state index is 2.50. The molecule has 0 bridgehead atoms. The van der Waals surface area contributed by atoms with Crippen molar-refractivity contribution < 1.29 is 0 Å². The number of rotatable bonds is 16. The maximum atomic E-state index is 2.50. The van der Waals surface area contributed by atoms with Crippen molar-refractivity contribution >= 4 is 0 Å². The molecule has 21 heavy (non-hydrogen) atoms. The van der Waals surface area contributed by atoms with Gasteiger partial charge in [0.2, 0.25) is 0 Å². The SMILES string of the molecule is CCCCCCCCCCCC=C(C)CCCCCCC. The van der Waals surface area contributed by atoms with Crippen LogP contribution >= 0.6 is 0 Å². The Hall–Kier alpha value is -0.260. The van der Waals surface area contributed by atoms with Gasteiger partial charge < -0.3 is 0 Å². The highest BCUT2D eigenvalue weighted by Crippen LogP contribution is 2.14. The first kappa shape index (κ1) is 20.7. The van der Waals surface area contributed by atoms with Gasteiger partial charge in [0.05, 0.1) is 0 Å². The maximum Gasteiger partial charge on any atom is -0.0323 e. The molecule has 0 amide bonds. The fourth-order valence-electron chi connectivity index (χ4n) is 2.91. The Bertz CT molecular complexity index is 214. The molecule has 0 nitrogen and oxygen atoms in total. The second kappa shape index (κ2) is 17.8. The van der Waals surface area contributed by atoms with E-state index < -0.39 is 0 Å². The molecule has 0 aromatic carbocycles. The van der Waals surface area contributed by atoms with Gasteiger partial charge in [-0.05, 0) is 32.6 Å². The molecule has 0 N–H and O–H groups in total. The average molecular weight is 295 g/mol. The Morgan fingerprint density at radius 1 is 0.571 bits per heavy atom. The summed E-state index contributed by atoms with van der Waals surface area (Å²) >= 11 is 0. The lowest BCUT2D eigenvalue weighted by Crippen LogP contribution is -1.83. The van der Waals surface area contributed by atoms with Gasteiger partial charge in [0.25, 0.3) is 0 Å². The molecule has 0 saturated carbocycles. The summed E-state index contributed by atoms with van der Waals surface area (Å²) < 4.78 is 0. The second-order valence-electron chi connectivity index (χ2n) is 6.83. The van der Waals surface area contributed by atoms with Crippen LogP contribution in [-0.2, 0) is 0 Å². The van der Waals surface area contributed by atoms with Gasteiger partial charge in [-0.15, -0.1) is 0 Å². The van der Waals surface area contributed by atoms with Gasteiger partial charge in [0, 0.05) is 0 Å². The van der Waals surface area contributed by atoms with Crippen LogP contribution in [0.1, 0.15) is 124 Å². The highest BCUT2D eigenvalue weighted by molar-refractivity contribution is 4.97. The van der Waals surface area contributed by atoms with Crippen molar-refractivity contribution in [2.45, 2.75) is 124 Å². The van der Waals surface area contributed by atoms with Crippen molar-refractivity contribution in [2.24, 2.45) is 0 Å². The van der Waals surface area contributed by atoms with E-state index in [1.165, 1.54) is 103 Å². The smallest absolute Gasteiger partial charge is 0.0323 e. The van der Waals surface area contributed by atoms with E-state index in [4.69, 9.17) is 0 Å².